The molecule has 0 aliphatic rings. The van der Waals surface area contributed by atoms with Crippen LogP contribution in [0.4, 0.5) is 0 Å². The van der Waals surface area contributed by atoms with Crippen molar-refractivity contribution in [3.8, 4) is 0 Å². The van der Waals surface area contributed by atoms with Crippen LogP contribution in [-0.4, -0.2) is 22.4 Å². The van der Waals surface area contributed by atoms with E-state index in [1.54, 1.807) is 0 Å². The van der Waals surface area contributed by atoms with E-state index >= 15 is 0 Å². The van der Waals surface area contributed by atoms with Crippen molar-refractivity contribution in [3.05, 3.63) is 0 Å². The first kappa shape index (κ1) is 35.2. The maximum atomic E-state index is 10.2. The van der Waals surface area contributed by atoms with Crippen LogP contribution in [0, 0.1) is 0 Å². The zero-order valence-electron chi connectivity index (χ0n) is 15.6. The van der Waals surface area contributed by atoms with Gasteiger partial charge in [-0.25, -0.2) is 0 Å². The molecule has 0 fully saturated rings. The minimum absolute atomic E-state index is 0. The summed E-state index contributed by atoms with van der Waals surface area (Å²) >= 11 is 0. The molecular weight excluding hydrogens is 344 g/mol. The molecule has 0 aromatic carbocycles. The van der Waals surface area contributed by atoms with Gasteiger partial charge >= 0.3 is 0 Å². The van der Waals surface area contributed by atoms with Crippen LogP contribution in [-0.2, 0) is 26.5 Å². The molecule has 0 aromatic heterocycles. The van der Waals surface area contributed by atoms with E-state index in [2.05, 4.69) is 6.92 Å². The second kappa shape index (κ2) is 30.9. The third-order valence-electron chi connectivity index (χ3n) is 3.98. The number of rotatable bonds is 16. The van der Waals surface area contributed by atoms with Crippen LogP contribution in [0.15, 0.2) is 0 Å². The van der Waals surface area contributed by atoms with E-state index in [-0.39, 0.29) is 44.6 Å². The molecule has 0 aliphatic heterocycles. The van der Waals surface area contributed by atoms with Crippen LogP contribution in [0.25, 0.3) is 0 Å². The van der Waals surface area contributed by atoms with Crippen molar-refractivity contribution in [2.75, 3.05) is 0 Å². The van der Waals surface area contributed by atoms with Crippen molar-refractivity contribution in [2.24, 2.45) is 0 Å². The molecule has 0 rings (SSSR count). The predicted octanol–water partition coefficient (Wildman–Crippen LogP) is 2.52. The van der Waals surface area contributed by atoms with Crippen molar-refractivity contribution in [3.63, 3.8) is 0 Å². The summed E-state index contributed by atoms with van der Waals surface area (Å²) in [5, 5.41) is 10.2. The largest absolute Gasteiger partial charge is 0.550 e. The first-order valence-electron chi connectivity index (χ1n) is 8.97. The van der Waals surface area contributed by atoms with E-state index in [0.717, 1.165) is 12.8 Å². The summed E-state index contributed by atoms with van der Waals surface area (Å²) in [6, 6.07) is 0. The Kier molecular flexibility index (Phi) is 45.3. The van der Waals surface area contributed by atoms with Gasteiger partial charge < -0.3 is 26.3 Å². The van der Waals surface area contributed by atoms with E-state index < -0.39 is 5.97 Å². The van der Waals surface area contributed by atoms with Gasteiger partial charge in [0.15, 0.2) is 0 Å². The minimum Gasteiger partial charge on any atom is -0.550 e. The first-order valence-corrected chi connectivity index (χ1v) is 8.97. The third-order valence-corrected chi connectivity index (χ3v) is 3.98. The molecule has 0 heterocycles. The Balaban J connectivity index is -0.000000301. The van der Waals surface area contributed by atoms with Crippen LogP contribution >= 0.6 is 0 Å². The van der Waals surface area contributed by atoms with Crippen LogP contribution in [0.1, 0.15) is 110 Å². The van der Waals surface area contributed by atoms with Crippen molar-refractivity contribution in [2.45, 2.75) is 110 Å². The number of hydrogen-bond acceptors (Lipinski definition) is 2. The summed E-state index contributed by atoms with van der Waals surface area (Å²) in [6.07, 6.45) is 19.9. The molecule has 0 unspecified atom stereocenters. The van der Waals surface area contributed by atoms with E-state index in [9.17, 15) is 9.90 Å². The fourth-order valence-corrected chi connectivity index (χ4v) is 2.64. The molecule has 0 saturated heterocycles. The van der Waals surface area contributed by atoms with Crippen molar-refractivity contribution < 1.29 is 48.0 Å². The van der Waals surface area contributed by atoms with Gasteiger partial charge in [-0.15, -0.1) is 0 Å². The number of hydrogen-bond donors (Lipinski definition) is 0. The topological polar surface area (TPSA) is 135 Å². The van der Waals surface area contributed by atoms with Crippen LogP contribution in [0.2, 0.25) is 0 Å². The average Bonchev–Trinajstić information content (AvgIpc) is 2.43. The van der Waals surface area contributed by atoms with Gasteiger partial charge in [-0.1, -0.05) is 96.8 Å². The first-order chi connectivity index (χ1) is 9.77. The minimum atomic E-state index is -0.903. The summed E-state index contributed by atoms with van der Waals surface area (Å²) < 4.78 is 0. The fourth-order valence-electron chi connectivity index (χ4n) is 2.64. The van der Waals surface area contributed by atoms with Gasteiger partial charge in [0.2, 0.25) is 0 Å². The second-order valence-electron chi connectivity index (χ2n) is 6.07. The number of carbonyl (C=O) groups is 1. The molecule has 0 aromatic rings. The normalized spacial score (nSPS) is 9.04. The van der Waals surface area contributed by atoms with Crippen LogP contribution < -0.4 is 5.11 Å². The number of aliphatic carboxylic acids is 1. The maximum absolute atomic E-state index is 10.2. The van der Waals surface area contributed by atoms with Crippen molar-refractivity contribution in [1.29, 1.82) is 0 Å². The second-order valence-corrected chi connectivity index (χ2v) is 6.07. The predicted molar refractivity (Wildman–Crippen MR) is 95.4 cm³/mol. The molecule has 0 saturated carbocycles. The molecule has 0 aliphatic carbocycles. The monoisotopic (exact) mass is 385 g/mol. The zero-order valence-corrected chi connectivity index (χ0v) is 17.2. The maximum Gasteiger partial charge on any atom is 0.0414 e. The van der Waals surface area contributed by atoms with Gasteiger partial charge in [0, 0.05) is 27.7 Å². The van der Waals surface area contributed by atoms with Crippen molar-refractivity contribution >= 4 is 5.97 Å². The summed E-state index contributed by atoms with van der Waals surface area (Å²) in [5.74, 6) is -0.903. The quantitative estimate of drug-likeness (QED) is 0.298. The molecular formula is C18H41O5Ti-. The molecule has 0 radical (unpaired) electrons. The molecule has 0 bridgehead atoms. The molecule has 0 atom stereocenters. The Morgan fingerprint density at radius 2 is 0.833 bits per heavy atom. The fraction of sp³-hybridized carbons (Fsp3) is 0.944. The van der Waals surface area contributed by atoms with E-state index in [1.807, 2.05) is 0 Å². The Morgan fingerprint density at radius 3 is 1.08 bits per heavy atom. The smallest absolute Gasteiger partial charge is 0.0414 e. The summed E-state index contributed by atoms with van der Waals surface area (Å²) in [5.41, 5.74) is 0. The number of carboxylic acid groups (broad SMARTS) is 1. The van der Waals surface area contributed by atoms with Gasteiger partial charge in [0.25, 0.3) is 0 Å². The van der Waals surface area contributed by atoms with Gasteiger partial charge in [0.1, 0.15) is 0 Å². The SMILES string of the molecule is CCCCCCCCCCCCCCCCCC(=O)[O-].O.O.O.[Ti]. The van der Waals surface area contributed by atoms with Gasteiger partial charge in [-0.3, -0.25) is 0 Å². The number of unbranched alkanes of at least 4 members (excludes halogenated alkanes) is 14. The number of carbonyl (C=O) groups excluding carboxylic acids is 1. The molecule has 0 spiro atoms. The van der Waals surface area contributed by atoms with Gasteiger partial charge in [-0.05, 0) is 12.8 Å². The van der Waals surface area contributed by atoms with Gasteiger partial charge in [0.05, 0.1) is 0 Å². The summed E-state index contributed by atoms with van der Waals surface area (Å²) in [6.45, 7) is 2.27. The zero-order chi connectivity index (χ0) is 14.9. The molecule has 6 N–H and O–H groups in total. The Morgan fingerprint density at radius 1 is 0.583 bits per heavy atom. The number of carboxylic acids is 1. The van der Waals surface area contributed by atoms with E-state index in [1.165, 1.54) is 83.5 Å². The molecule has 5 nitrogen and oxygen atoms in total. The Bertz CT molecular complexity index is 216. The average molecular weight is 385 g/mol. The molecule has 0 amide bonds. The molecule has 6 heteroatoms. The van der Waals surface area contributed by atoms with Gasteiger partial charge in [-0.2, -0.15) is 0 Å². The van der Waals surface area contributed by atoms with Crippen LogP contribution in [0.3, 0.4) is 0 Å². The van der Waals surface area contributed by atoms with E-state index in [0.29, 0.717) is 0 Å². The summed E-state index contributed by atoms with van der Waals surface area (Å²) in [7, 11) is 0. The van der Waals surface area contributed by atoms with Crippen molar-refractivity contribution in [1.82, 2.24) is 0 Å². The van der Waals surface area contributed by atoms with Crippen LogP contribution in [0.5, 0.6) is 0 Å². The third kappa shape index (κ3) is 33.6. The standard InChI is InChI=1S/C18H36O2.3H2O.Ti/c1-2-3-4-5-6-7-8-9-10-11-12-13-14-15-16-17-18(19)20;;;;/h2-17H2,1H3,(H,19,20);3*1H2;/p-1. The summed E-state index contributed by atoms with van der Waals surface area (Å²) in [4.78, 5) is 10.2. The van der Waals surface area contributed by atoms with E-state index in [4.69, 9.17) is 0 Å². The molecule has 148 valence electrons. The molecule has 24 heavy (non-hydrogen) atoms. The Labute approximate surface area is 163 Å². The Hall–Kier alpha value is 0.0643.